The maximum absolute atomic E-state index is 10.1. The van der Waals surface area contributed by atoms with Crippen LogP contribution in [0.15, 0.2) is 48.5 Å². The summed E-state index contributed by atoms with van der Waals surface area (Å²) in [5, 5.41) is 13.4. The number of aryl methyl sites for hydroxylation is 2. The highest BCUT2D eigenvalue weighted by Gasteiger charge is 2.10. The second-order valence-corrected chi connectivity index (χ2v) is 5.96. The fourth-order valence-electron chi connectivity index (χ4n) is 2.44. The van der Waals surface area contributed by atoms with Crippen molar-refractivity contribution in [3.63, 3.8) is 0 Å². The molecule has 0 amide bonds. The van der Waals surface area contributed by atoms with Crippen LogP contribution in [0.2, 0.25) is 0 Å². The van der Waals surface area contributed by atoms with Crippen LogP contribution in [-0.4, -0.2) is 24.4 Å². The quantitative estimate of drug-likeness (QED) is 0.754. The molecule has 2 rings (SSSR count). The molecule has 2 aromatic rings. The number of para-hydroxylation sites is 1. The molecule has 2 unspecified atom stereocenters. The summed E-state index contributed by atoms with van der Waals surface area (Å²) in [6.45, 7) is 7.06. The first kappa shape index (κ1) is 20.5. The van der Waals surface area contributed by atoms with Gasteiger partial charge in [0.2, 0.25) is 0 Å². The van der Waals surface area contributed by atoms with Gasteiger partial charge in [0.05, 0.1) is 0 Å². The molecular weight excluding hydrogens is 322 g/mol. The van der Waals surface area contributed by atoms with Crippen molar-refractivity contribution in [2.24, 2.45) is 0 Å². The van der Waals surface area contributed by atoms with Crippen molar-refractivity contribution >= 4 is 12.4 Å². The largest absolute Gasteiger partial charge is 0.491 e. The van der Waals surface area contributed by atoms with Crippen LogP contribution in [0.4, 0.5) is 0 Å². The Kier molecular flexibility index (Phi) is 8.83. The number of aliphatic hydroxyl groups is 1. The predicted octanol–water partition coefficient (Wildman–Crippen LogP) is 4.07. The number of hydrogen-bond acceptors (Lipinski definition) is 3. The Morgan fingerprint density at radius 2 is 1.75 bits per heavy atom. The lowest BCUT2D eigenvalue weighted by Gasteiger charge is -2.18. The van der Waals surface area contributed by atoms with Gasteiger partial charge in [-0.2, -0.15) is 0 Å². The molecule has 3 nitrogen and oxygen atoms in total. The molecule has 0 aromatic heterocycles. The molecule has 24 heavy (non-hydrogen) atoms. The van der Waals surface area contributed by atoms with Gasteiger partial charge in [0.15, 0.2) is 0 Å². The second kappa shape index (κ2) is 10.3. The van der Waals surface area contributed by atoms with Crippen molar-refractivity contribution in [3.8, 4) is 5.75 Å². The fraction of sp³-hybridized carbons (Fsp3) is 0.400. The smallest absolute Gasteiger partial charge is 0.122 e. The van der Waals surface area contributed by atoms with Crippen molar-refractivity contribution < 1.29 is 9.84 Å². The van der Waals surface area contributed by atoms with Crippen LogP contribution in [0.5, 0.6) is 5.75 Å². The van der Waals surface area contributed by atoms with Gasteiger partial charge in [-0.1, -0.05) is 49.4 Å². The van der Waals surface area contributed by atoms with E-state index in [1.165, 1.54) is 11.1 Å². The minimum Gasteiger partial charge on any atom is -0.491 e. The van der Waals surface area contributed by atoms with E-state index >= 15 is 0 Å². The minimum atomic E-state index is -0.535. The molecule has 0 radical (unpaired) electrons. The van der Waals surface area contributed by atoms with Gasteiger partial charge >= 0.3 is 0 Å². The van der Waals surface area contributed by atoms with Crippen LogP contribution in [0.25, 0.3) is 0 Å². The van der Waals surface area contributed by atoms with Crippen LogP contribution in [0.1, 0.15) is 36.6 Å². The number of rotatable bonds is 8. The number of ether oxygens (including phenoxy) is 1. The third kappa shape index (κ3) is 6.16. The zero-order chi connectivity index (χ0) is 16.7. The van der Waals surface area contributed by atoms with Gasteiger partial charge in [-0.25, -0.2) is 0 Å². The second-order valence-electron chi connectivity index (χ2n) is 5.96. The van der Waals surface area contributed by atoms with Gasteiger partial charge in [0, 0.05) is 12.6 Å². The van der Waals surface area contributed by atoms with E-state index in [0.717, 1.165) is 17.7 Å². The number of aliphatic hydroxyl groups excluding tert-OH is 1. The van der Waals surface area contributed by atoms with Gasteiger partial charge in [0.25, 0.3) is 0 Å². The highest BCUT2D eigenvalue weighted by atomic mass is 35.5. The summed E-state index contributed by atoms with van der Waals surface area (Å²) >= 11 is 0. The first-order valence-corrected chi connectivity index (χ1v) is 8.29. The summed E-state index contributed by atoms with van der Waals surface area (Å²) in [5.74, 6) is 0.828. The average molecular weight is 350 g/mol. The zero-order valence-electron chi connectivity index (χ0n) is 14.7. The third-order valence-corrected chi connectivity index (χ3v) is 4.07. The number of halogens is 1. The van der Waals surface area contributed by atoms with Gasteiger partial charge in [-0.15, -0.1) is 12.4 Å². The maximum atomic E-state index is 10.1. The molecule has 2 N–H and O–H groups in total. The SMILES string of the molecule is CCc1ccc(C(C)NCC(O)COc2ccccc2C)cc1.Cl. The Bertz CT molecular complexity index is 601. The summed E-state index contributed by atoms with van der Waals surface area (Å²) in [4.78, 5) is 0. The number of nitrogens with one attached hydrogen (secondary N) is 1. The van der Waals surface area contributed by atoms with E-state index in [0.29, 0.717) is 13.2 Å². The molecule has 0 aliphatic rings. The molecule has 2 atom stereocenters. The van der Waals surface area contributed by atoms with Gasteiger partial charge in [0.1, 0.15) is 18.5 Å². The Labute approximate surface area is 151 Å². The van der Waals surface area contributed by atoms with E-state index in [9.17, 15) is 5.11 Å². The standard InChI is InChI=1S/C20H27NO2.ClH/c1-4-17-9-11-18(12-10-17)16(3)21-13-19(22)14-23-20-8-6-5-7-15(20)2;/h5-12,16,19,21-22H,4,13-14H2,1-3H3;1H. The minimum absolute atomic E-state index is 0. The van der Waals surface area contributed by atoms with E-state index in [1.54, 1.807) is 0 Å². The van der Waals surface area contributed by atoms with Gasteiger partial charge in [-0.05, 0) is 43.0 Å². The van der Waals surface area contributed by atoms with Crippen LogP contribution in [0.3, 0.4) is 0 Å². The highest BCUT2D eigenvalue weighted by molar-refractivity contribution is 5.85. The van der Waals surface area contributed by atoms with Crippen molar-refractivity contribution in [3.05, 3.63) is 65.2 Å². The normalized spacial score (nSPS) is 13.0. The summed E-state index contributed by atoms with van der Waals surface area (Å²) in [6.07, 6.45) is 0.517. The van der Waals surface area contributed by atoms with Crippen LogP contribution in [-0.2, 0) is 6.42 Å². The summed E-state index contributed by atoms with van der Waals surface area (Å²) in [5.41, 5.74) is 3.65. The first-order chi connectivity index (χ1) is 11.1. The Hall–Kier alpha value is -1.55. The van der Waals surface area contributed by atoms with Crippen molar-refractivity contribution in [1.82, 2.24) is 5.32 Å². The molecule has 0 aliphatic carbocycles. The monoisotopic (exact) mass is 349 g/mol. The van der Waals surface area contributed by atoms with Crippen LogP contribution < -0.4 is 10.1 Å². The van der Waals surface area contributed by atoms with Gasteiger partial charge < -0.3 is 15.2 Å². The maximum Gasteiger partial charge on any atom is 0.122 e. The summed E-state index contributed by atoms with van der Waals surface area (Å²) in [6, 6.07) is 16.7. The van der Waals surface area contributed by atoms with Crippen molar-refractivity contribution in [2.45, 2.75) is 39.3 Å². The van der Waals surface area contributed by atoms with Crippen molar-refractivity contribution in [2.75, 3.05) is 13.2 Å². The number of benzene rings is 2. The highest BCUT2D eigenvalue weighted by Crippen LogP contribution is 2.16. The average Bonchev–Trinajstić information content (AvgIpc) is 2.59. The Morgan fingerprint density at radius 1 is 1.08 bits per heavy atom. The summed E-state index contributed by atoms with van der Waals surface area (Å²) < 4.78 is 5.68. The molecule has 4 heteroatoms. The molecule has 0 fully saturated rings. The van der Waals surface area contributed by atoms with E-state index in [-0.39, 0.29) is 18.4 Å². The predicted molar refractivity (Wildman–Crippen MR) is 102 cm³/mol. The first-order valence-electron chi connectivity index (χ1n) is 8.29. The van der Waals surface area contributed by atoms with Crippen LogP contribution in [0, 0.1) is 6.92 Å². The zero-order valence-corrected chi connectivity index (χ0v) is 15.5. The topological polar surface area (TPSA) is 41.5 Å². The summed E-state index contributed by atoms with van der Waals surface area (Å²) in [7, 11) is 0. The molecule has 0 saturated heterocycles. The Morgan fingerprint density at radius 3 is 2.38 bits per heavy atom. The van der Waals surface area contributed by atoms with E-state index in [4.69, 9.17) is 4.74 Å². The van der Waals surface area contributed by atoms with Crippen molar-refractivity contribution in [1.29, 1.82) is 0 Å². The van der Waals surface area contributed by atoms with E-state index in [1.807, 2.05) is 31.2 Å². The van der Waals surface area contributed by atoms with E-state index in [2.05, 4.69) is 43.4 Å². The molecule has 0 heterocycles. The third-order valence-electron chi connectivity index (χ3n) is 4.07. The van der Waals surface area contributed by atoms with Crippen LogP contribution >= 0.6 is 12.4 Å². The lowest BCUT2D eigenvalue weighted by molar-refractivity contribution is 0.104. The Balaban J connectivity index is 0.00000288. The molecular formula is C20H28ClNO2. The molecule has 0 saturated carbocycles. The lowest BCUT2D eigenvalue weighted by atomic mass is 10.0. The molecule has 0 aliphatic heterocycles. The molecule has 2 aromatic carbocycles. The fourth-order valence-corrected chi connectivity index (χ4v) is 2.44. The molecule has 0 spiro atoms. The molecule has 132 valence electrons. The molecule has 0 bridgehead atoms. The lowest BCUT2D eigenvalue weighted by Crippen LogP contribution is -2.33. The number of hydrogen-bond donors (Lipinski definition) is 2. The van der Waals surface area contributed by atoms with E-state index < -0.39 is 6.10 Å². The van der Waals surface area contributed by atoms with Gasteiger partial charge in [-0.3, -0.25) is 0 Å².